The van der Waals surface area contributed by atoms with Crippen molar-refractivity contribution in [2.24, 2.45) is 0 Å². The second kappa shape index (κ2) is 3.87. The summed E-state index contributed by atoms with van der Waals surface area (Å²) in [4.78, 5) is 13.0. The van der Waals surface area contributed by atoms with Gasteiger partial charge in [-0.2, -0.15) is 5.26 Å². The van der Waals surface area contributed by atoms with Gasteiger partial charge in [0.15, 0.2) is 0 Å². The molecule has 1 aromatic heterocycles. The van der Waals surface area contributed by atoms with E-state index in [1.807, 2.05) is 0 Å². The zero-order valence-electron chi connectivity index (χ0n) is 7.05. The van der Waals surface area contributed by atoms with Crippen LogP contribution < -0.4 is 11.3 Å². The van der Waals surface area contributed by atoms with E-state index in [0.717, 1.165) is 6.20 Å². The molecule has 14 heavy (non-hydrogen) atoms. The van der Waals surface area contributed by atoms with Crippen LogP contribution in [0.1, 0.15) is 17.6 Å². The van der Waals surface area contributed by atoms with Crippen LogP contribution in [0.5, 0.6) is 0 Å². The number of nitrogens with one attached hydrogen (secondary N) is 1. The lowest BCUT2D eigenvalue weighted by Gasteiger charge is -2.07. The Labute approximate surface area is 78.0 Å². The Morgan fingerprint density at radius 3 is 2.79 bits per heavy atom. The smallest absolute Gasteiger partial charge is 0.271 e. The molecule has 0 saturated carbocycles. The van der Waals surface area contributed by atoms with E-state index in [2.05, 4.69) is 4.98 Å². The molecule has 74 valence electrons. The van der Waals surface area contributed by atoms with Gasteiger partial charge in [-0.1, -0.05) is 0 Å². The van der Waals surface area contributed by atoms with Gasteiger partial charge in [0, 0.05) is 17.3 Å². The van der Waals surface area contributed by atoms with Gasteiger partial charge >= 0.3 is 0 Å². The van der Waals surface area contributed by atoms with Crippen molar-refractivity contribution in [2.75, 3.05) is 5.73 Å². The van der Waals surface area contributed by atoms with Gasteiger partial charge < -0.3 is 10.7 Å². The van der Waals surface area contributed by atoms with Crippen molar-refractivity contribution in [3.8, 4) is 6.07 Å². The van der Waals surface area contributed by atoms with E-state index in [1.54, 1.807) is 6.07 Å². The van der Waals surface area contributed by atoms with E-state index in [9.17, 15) is 13.6 Å². The largest absolute Gasteiger partial charge is 0.394 e. The highest BCUT2D eigenvalue weighted by atomic mass is 19.3. The Bertz CT molecular complexity index is 433. The number of nitrogens with zero attached hydrogens (tertiary/aromatic N) is 1. The van der Waals surface area contributed by atoms with Crippen molar-refractivity contribution >= 4 is 5.69 Å². The normalized spacial score (nSPS) is 10.1. The number of nitriles is 1. The first-order valence-electron chi connectivity index (χ1n) is 3.73. The third-order valence-electron chi connectivity index (χ3n) is 1.77. The number of rotatable bonds is 2. The molecule has 1 aromatic rings. The fourth-order valence-corrected chi connectivity index (χ4v) is 1.07. The number of halogens is 2. The molecule has 6 heteroatoms. The number of hydrogen-bond donors (Lipinski definition) is 2. The summed E-state index contributed by atoms with van der Waals surface area (Å²) in [5, 5.41) is 8.38. The number of pyridine rings is 1. The minimum Gasteiger partial charge on any atom is -0.394 e. The molecule has 0 fully saturated rings. The van der Waals surface area contributed by atoms with E-state index in [4.69, 9.17) is 11.0 Å². The molecule has 0 aliphatic carbocycles. The van der Waals surface area contributed by atoms with Crippen molar-refractivity contribution in [3.63, 3.8) is 0 Å². The molecular weight excluding hydrogens is 192 g/mol. The van der Waals surface area contributed by atoms with Gasteiger partial charge in [-0.3, -0.25) is 4.79 Å². The topological polar surface area (TPSA) is 82.7 Å². The fraction of sp³-hybridized carbons (Fsp3) is 0.250. The van der Waals surface area contributed by atoms with Gasteiger partial charge in [0.25, 0.3) is 12.0 Å². The third kappa shape index (κ3) is 1.71. The molecular formula is C8H7F2N3O. The summed E-state index contributed by atoms with van der Waals surface area (Å²) in [6, 6.07) is 1.68. The summed E-state index contributed by atoms with van der Waals surface area (Å²) in [5.41, 5.74) is 3.82. The molecule has 0 saturated heterocycles. The molecule has 0 radical (unpaired) electrons. The highest BCUT2D eigenvalue weighted by Crippen LogP contribution is 2.24. The quantitative estimate of drug-likeness (QED) is 0.744. The predicted octanol–water partition coefficient (Wildman–Crippen LogP) is 0.961. The first-order chi connectivity index (χ1) is 6.57. The Morgan fingerprint density at radius 1 is 1.64 bits per heavy atom. The Balaban J connectivity index is 3.39. The predicted molar refractivity (Wildman–Crippen MR) is 45.7 cm³/mol. The maximum absolute atomic E-state index is 12.4. The van der Waals surface area contributed by atoms with Crippen molar-refractivity contribution < 1.29 is 8.78 Å². The van der Waals surface area contributed by atoms with E-state index < -0.39 is 17.5 Å². The third-order valence-corrected chi connectivity index (χ3v) is 1.77. The average Bonchev–Trinajstić information content (AvgIpc) is 2.13. The standard InChI is InChI=1S/C8H7F2N3O/c9-7(10)5-3-13-8(14)6(12)4(5)1-2-11/h3,7H,1,12H2,(H,13,14). The molecule has 0 aliphatic heterocycles. The molecule has 0 bridgehead atoms. The second-order valence-corrected chi connectivity index (χ2v) is 2.60. The van der Waals surface area contributed by atoms with Gasteiger partial charge in [-0.25, -0.2) is 8.78 Å². The highest BCUT2D eigenvalue weighted by molar-refractivity contribution is 5.50. The molecule has 3 N–H and O–H groups in total. The first-order valence-corrected chi connectivity index (χ1v) is 3.73. The zero-order chi connectivity index (χ0) is 10.7. The molecule has 0 aromatic carbocycles. The van der Waals surface area contributed by atoms with Crippen molar-refractivity contribution in [1.82, 2.24) is 4.98 Å². The lowest BCUT2D eigenvalue weighted by atomic mass is 10.1. The summed E-state index contributed by atoms with van der Waals surface area (Å²) in [6.07, 6.45) is -2.16. The summed E-state index contributed by atoms with van der Waals surface area (Å²) < 4.78 is 24.8. The van der Waals surface area contributed by atoms with Crippen LogP contribution in [0.4, 0.5) is 14.5 Å². The van der Waals surface area contributed by atoms with Crippen LogP contribution in [-0.4, -0.2) is 4.98 Å². The van der Waals surface area contributed by atoms with Crippen LogP contribution >= 0.6 is 0 Å². The molecule has 4 nitrogen and oxygen atoms in total. The number of nitrogens with two attached hydrogens (primary N) is 1. The molecule has 1 heterocycles. The minimum atomic E-state index is -2.75. The van der Waals surface area contributed by atoms with E-state index in [1.165, 1.54) is 0 Å². The summed E-state index contributed by atoms with van der Waals surface area (Å²) in [5.74, 6) is 0. The number of H-pyrrole nitrogens is 1. The van der Waals surface area contributed by atoms with E-state index >= 15 is 0 Å². The summed E-state index contributed by atoms with van der Waals surface area (Å²) in [7, 11) is 0. The van der Waals surface area contributed by atoms with E-state index in [-0.39, 0.29) is 17.7 Å². The molecule has 0 atom stereocenters. The Hall–Kier alpha value is -1.90. The SMILES string of the molecule is N#CCc1c(C(F)F)c[nH]c(=O)c1N. The number of aromatic amines is 1. The monoisotopic (exact) mass is 199 g/mol. The summed E-state index contributed by atoms with van der Waals surface area (Å²) in [6.45, 7) is 0. The molecule has 1 rings (SSSR count). The number of aromatic nitrogens is 1. The average molecular weight is 199 g/mol. The van der Waals surface area contributed by atoms with Crippen LogP contribution in [0.15, 0.2) is 11.0 Å². The summed E-state index contributed by atoms with van der Waals surface area (Å²) >= 11 is 0. The maximum atomic E-state index is 12.4. The van der Waals surface area contributed by atoms with Gasteiger partial charge in [0.2, 0.25) is 0 Å². The van der Waals surface area contributed by atoms with Crippen molar-refractivity contribution in [1.29, 1.82) is 5.26 Å². The van der Waals surface area contributed by atoms with Crippen LogP contribution in [0.25, 0.3) is 0 Å². The zero-order valence-corrected chi connectivity index (χ0v) is 7.05. The maximum Gasteiger partial charge on any atom is 0.271 e. The van der Waals surface area contributed by atoms with Crippen LogP contribution in [-0.2, 0) is 6.42 Å². The van der Waals surface area contributed by atoms with Crippen molar-refractivity contribution in [3.05, 3.63) is 27.7 Å². The van der Waals surface area contributed by atoms with Crippen molar-refractivity contribution in [2.45, 2.75) is 12.8 Å². The molecule has 0 unspecified atom stereocenters. The van der Waals surface area contributed by atoms with Crippen LogP contribution in [0, 0.1) is 11.3 Å². The molecule has 0 amide bonds. The van der Waals surface area contributed by atoms with Crippen LogP contribution in [0.2, 0.25) is 0 Å². The van der Waals surface area contributed by atoms with Gasteiger partial charge in [-0.15, -0.1) is 0 Å². The number of nitrogen functional groups attached to an aromatic ring is 1. The lowest BCUT2D eigenvalue weighted by molar-refractivity contribution is 0.150. The van der Waals surface area contributed by atoms with Gasteiger partial charge in [0.1, 0.15) is 5.69 Å². The lowest BCUT2D eigenvalue weighted by Crippen LogP contribution is -2.16. The first kappa shape index (κ1) is 10.2. The number of anilines is 1. The Kier molecular flexibility index (Phi) is 2.82. The van der Waals surface area contributed by atoms with Gasteiger partial charge in [-0.05, 0) is 0 Å². The van der Waals surface area contributed by atoms with Gasteiger partial charge in [0.05, 0.1) is 12.5 Å². The molecule has 0 spiro atoms. The Morgan fingerprint density at radius 2 is 2.29 bits per heavy atom. The highest BCUT2D eigenvalue weighted by Gasteiger charge is 2.16. The number of alkyl halides is 2. The van der Waals surface area contributed by atoms with Crippen LogP contribution in [0.3, 0.4) is 0 Å². The van der Waals surface area contributed by atoms with E-state index in [0.29, 0.717) is 0 Å². The fourth-order valence-electron chi connectivity index (χ4n) is 1.07. The number of hydrogen-bond acceptors (Lipinski definition) is 3. The molecule has 0 aliphatic rings. The minimum absolute atomic E-state index is 0.0914. The second-order valence-electron chi connectivity index (χ2n) is 2.60.